The molecule has 5 nitrogen and oxygen atoms in total. The molecule has 0 aliphatic carbocycles. The van der Waals surface area contributed by atoms with E-state index < -0.39 is 0 Å². The van der Waals surface area contributed by atoms with Gasteiger partial charge in [-0.25, -0.2) is 0 Å². The van der Waals surface area contributed by atoms with Crippen LogP contribution in [0.2, 0.25) is 0 Å². The van der Waals surface area contributed by atoms with Gasteiger partial charge in [0, 0.05) is 43.5 Å². The van der Waals surface area contributed by atoms with E-state index in [1.54, 1.807) is 0 Å². The second-order valence-electron chi connectivity index (χ2n) is 8.48. The van der Waals surface area contributed by atoms with Crippen molar-refractivity contribution in [1.29, 1.82) is 0 Å². The Labute approximate surface area is 179 Å². The quantitative estimate of drug-likeness (QED) is 0.635. The SMILES string of the molecule is CCCn1cc(CN2CCCC(CNC(=O)c3cccc4ccccc34)C2)c(C)n1. The first-order valence-electron chi connectivity index (χ1n) is 11.1. The molecule has 1 atom stereocenters. The maximum absolute atomic E-state index is 12.8. The maximum atomic E-state index is 12.8. The number of benzene rings is 2. The topological polar surface area (TPSA) is 50.2 Å². The number of carbonyl (C=O) groups is 1. The van der Waals surface area contributed by atoms with Gasteiger partial charge in [0.2, 0.25) is 0 Å². The van der Waals surface area contributed by atoms with Crippen LogP contribution in [-0.4, -0.2) is 40.2 Å². The van der Waals surface area contributed by atoms with Crippen molar-refractivity contribution in [2.45, 2.75) is 46.2 Å². The molecule has 0 spiro atoms. The van der Waals surface area contributed by atoms with Gasteiger partial charge in [-0.1, -0.05) is 43.3 Å². The summed E-state index contributed by atoms with van der Waals surface area (Å²) in [4.78, 5) is 15.4. The van der Waals surface area contributed by atoms with Crippen LogP contribution in [-0.2, 0) is 13.1 Å². The Morgan fingerprint density at radius 1 is 1.20 bits per heavy atom. The molecule has 4 rings (SSSR count). The summed E-state index contributed by atoms with van der Waals surface area (Å²) in [6.07, 6.45) is 5.64. The van der Waals surface area contributed by atoms with Gasteiger partial charge in [0.05, 0.1) is 5.69 Å². The van der Waals surface area contributed by atoms with Crippen molar-refractivity contribution in [1.82, 2.24) is 20.0 Å². The average Bonchev–Trinajstić information content (AvgIpc) is 3.11. The third kappa shape index (κ3) is 4.73. The van der Waals surface area contributed by atoms with Gasteiger partial charge < -0.3 is 5.32 Å². The van der Waals surface area contributed by atoms with Gasteiger partial charge in [0.25, 0.3) is 5.91 Å². The number of nitrogens with zero attached hydrogens (tertiary/aromatic N) is 3. The molecule has 3 aromatic rings. The molecule has 1 aliphatic rings. The Bertz CT molecular complexity index is 1000. The van der Waals surface area contributed by atoms with Crippen molar-refractivity contribution < 1.29 is 4.79 Å². The number of piperidine rings is 1. The minimum absolute atomic E-state index is 0.0283. The van der Waals surface area contributed by atoms with Crippen molar-refractivity contribution in [3.05, 3.63) is 65.5 Å². The smallest absolute Gasteiger partial charge is 0.251 e. The number of aryl methyl sites for hydroxylation is 2. The Kier molecular flexibility index (Phi) is 6.48. The molecule has 0 radical (unpaired) electrons. The van der Waals surface area contributed by atoms with Crippen molar-refractivity contribution in [2.24, 2.45) is 5.92 Å². The zero-order valence-corrected chi connectivity index (χ0v) is 18.1. The largest absolute Gasteiger partial charge is 0.352 e. The molecule has 1 N–H and O–H groups in total. The number of carbonyl (C=O) groups excluding carboxylic acids is 1. The van der Waals surface area contributed by atoms with Gasteiger partial charge in [0.1, 0.15) is 0 Å². The lowest BCUT2D eigenvalue weighted by Crippen LogP contribution is -2.40. The lowest BCUT2D eigenvalue weighted by atomic mass is 9.97. The summed E-state index contributed by atoms with van der Waals surface area (Å²) in [6.45, 7) is 9.08. The lowest BCUT2D eigenvalue weighted by molar-refractivity contribution is 0.0932. The molecular formula is C25H32N4O. The number of fused-ring (bicyclic) bond motifs is 1. The predicted octanol–water partition coefficient (Wildman–Crippen LogP) is 4.40. The van der Waals surface area contributed by atoms with Crippen LogP contribution in [0.1, 0.15) is 47.8 Å². The molecule has 2 aromatic carbocycles. The number of rotatable bonds is 7. The van der Waals surface area contributed by atoms with E-state index in [4.69, 9.17) is 0 Å². The predicted molar refractivity (Wildman–Crippen MR) is 122 cm³/mol. The highest BCUT2D eigenvalue weighted by Gasteiger charge is 2.22. The first-order chi connectivity index (χ1) is 14.6. The number of amides is 1. The van der Waals surface area contributed by atoms with E-state index in [1.165, 1.54) is 18.4 Å². The lowest BCUT2D eigenvalue weighted by Gasteiger charge is -2.32. The normalized spacial score (nSPS) is 17.3. The fraction of sp³-hybridized carbons (Fsp3) is 0.440. The van der Waals surface area contributed by atoms with Gasteiger partial charge in [-0.3, -0.25) is 14.4 Å². The van der Waals surface area contributed by atoms with Crippen LogP contribution in [0.4, 0.5) is 0 Å². The minimum Gasteiger partial charge on any atom is -0.352 e. The Hall–Kier alpha value is -2.66. The van der Waals surface area contributed by atoms with Crippen molar-refractivity contribution in [2.75, 3.05) is 19.6 Å². The third-order valence-corrected chi connectivity index (χ3v) is 6.08. The minimum atomic E-state index is 0.0283. The van der Waals surface area contributed by atoms with Gasteiger partial charge >= 0.3 is 0 Å². The van der Waals surface area contributed by atoms with E-state index in [-0.39, 0.29) is 5.91 Å². The fourth-order valence-corrected chi connectivity index (χ4v) is 4.52. The fourth-order valence-electron chi connectivity index (χ4n) is 4.52. The van der Waals surface area contributed by atoms with Crippen molar-refractivity contribution >= 4 is 16.7 Å². The average molecular weight is 405 g/mol. The van der Waals surface area contributed by atoms with Crippen LogP contribution >= 0.6 is 0 Å². The van der Waals surface area contributed by atoms with Crippen LogP contribution in [0.15, 0.2) is 48.7 Å². The summed E-state index contributed by atoms with van der Waals surface area (Å²) < 4.78 is 2.07. The molecule has 0 saturated carbocycles. The molecule has 1 amide bonds. The van der Waals surface area contributed by atoms with Crippen LogP contribution in [0.25, 0.3) is 10.8 Å². The summed E-state index contributed by atoms with van der Waals surface area (Å²) >= 11 is 0. The second-order valence-corrected chi connectivity index (χ2v) is 8.48. The van der Waals surface area contributed by atoms with Gasteiger partial charge in [-0.05, 0) is 55.5 Å². The number of hydrogen-bond donors (Lipinski definition) is 1. The third-order valence-electron chi connectivity index (χ3n) is 6.08. The number of hydrogen-bond acceptors (Lipinski definition) is 3. The summed E-state index contributed by atoms with van der Waals surface area (Å²) in [5.41, 5.74) is 3.22. The molecule has 30 heavy (non-hydrogen) atoms. The second kappa shape index (κ2) is 9.43. The van der Waals surface area contributed by atoms with E-state index >= 15 is 0 Å². The van der Waals surface area contributed by atoms with Gasteiger partial charge in [-0.2, -0.15) is 5.10 Å². The zero-order chi connectivity index (χ0) is 20.9. The highest BCUT2D eigenvalue weighted by atomic mass is 16.1. The number of likely N-dealkylation sites (tertiary alicyclic amines) is 1. The molecule has 158 valence electrons. The first kappa shape index (κ1) is 20.6. The Morgan fingerprint density at radius 3 is 2.90 bits per heavy atom. The first-order valence-corrected chi connectivity index (χ1v) is 11.1. The van der Waals surface area contributed by atoms with E-state index in [9.17, 15) is 4.79 Å². The molecule has 1 aliphatic heterocycles. The summed E-state index contributed by atoms with van der Waals surface area (Å²) in [5, 5.41) is 9.95. The summed E-state index contributed by atoms with van der Waals surface area (Å²) in [7, 11) is 0. The van der Waals surface area contributed by atoms with Crippen molar-refractivity contribution in [3.8, 4) is 0 Å². The molecule has 0 bridgehead atoms. The molecule has 1 fully saturated rings. The van der Waals surface area contributed by atoms with E-state index in [1.807, 2.05) is 30.3 Å². The molecule has 5 heteroatoms. The summed E-state index contributed by atoms with van der Waals surface area (Å²) in [6, 6.07) is 14.0. The zero-order valence-electron chi connectivity index (χ0n) is 18.1. The van der Waals surface area contributed by atoms with Crippen LogP contribution in [0.5, 0.6) is 0 Å². The molecule has 2 heterocycles. The molecular weight excluding hydrogens is 372 g/mol. The van der Waals surface area contributed by atoms with E-state index in [0.29, 0.717) is 5.92 Å². The standard InChI is InChI=1S/C25H32N4O/c1-3-13-29-18-22(19(2)27-29)17-28-14-7-8-20(16-28)15-26-25(30)24-12-6-10-21-9-4-5-11-23(21)24/h4-6,9-12,18,20H,3,7-8,13-17H2,1-2H3,(H,26,30). The molecule has 1 unspecified atom stereocenters. The molecule has 1 aromatic heterocycles. The monoisotopic (exact) mass is 404 g/mol. The summed E-state index contributed by atoms with van der Waals surface area (Å²) in [5.74, 6) is 0.518. The Balaban J connectivity index is 1.34. The highest BCUT2D eigenvalue weighted by molar-refractivity contribution is 6.06. The molecule has 1 saturated heterocycles. The van der Waals surface area contributed by atoms with Crippen LogP contribution < -0.4 is 5.32 Å². The van der Waals surface area contributed by atoms with E-state index in [0.717, 1.165) is 61.2 Å². The van der Waals surface area contributed by atoms with Crippen LogP contribution in [0.3, 0.4) is 0 Å². The highest BCUT2D eigenvalue weighted by Crippen LogP contribution is 2.21. The number of aromatic nitrogens is 2. The van der Waals surface area contributed by atoms with Gasteiger partial charge in [-0.15, -0.1) is 0 Å². The van der Waals surface area contributed by atoms with Gasteiger partial charge in [0.15, 0.2) is 0 Å². The maximum Gasteiger partial charge on any atom is 0.251 e. The Morgan fingerprint density at radius 2 is 2.03 bits per heavy atom. The van der Waals surface area contributed by atoms with Crippen LogP contribution in [0, 0.1) is 12.8 Å². The number of nitrogens with one attached hydrogen (secondary N) is 1. The van der Waals surface area contributed by atoms with Crippen molar-refractivity contribution in [3.63, 3.8) is 0 Å². The van der Waals surface area contributed by atoms with E-state index in [2.05, 4.69) is 52.2 Å².